The summed E-state index contributed by atoms with van der Waals surface area (Å²) < 4.78 is 12.9. The van der Waals surface area contributed by atoms with Gasteiger partial charge in [0, 0.05) is 11.6 Å². The zero-order valence-corrected chi connectivity index (χ0v) is 11.0. The highest BCUT2D eigenvalue weighted by Gasteiger charge is 2.11. The monoisotopic (exact) mass is 260 g/mol. The fraction of sp³-hybridized carbons (Fsp3) is 0.286. The van der Waals surface area contributed by atoms with Gasteiger partial charge in [0.2, 0.25) is 0 Å². The highest BCUT2D eigenvalue weighted by Crippen LogP contribution is 2.23. The quantitative estimate of drug-likeness (QED) is 0.887. The number of aromatic nitrogens is 2. The van der Waals surface area contributed by atoms with Gasteiger partial charge in [0.1, 0.15) is 23.8 Å². The predicted molar refractivity (Wildman–Crippen MR) is 74.3 cm³/mol. The van der Waals surface area contributed by atoms with Crippen LogP contribution in [0.25, 0.3) is 0 Å². The van der Waals surface area contributed by atoms with Crippen molar-refractivity contribution < 1.29 is 4.39 Å². The molecule has 4 nitrogen and oxygen atoms in total. The van der Waals surface area contributed by atoms with Crippen LogP contribution in [0, 0.1) is 5.82 Å². The Kier molecular flexibility index (Phi) is 3.94. The molecule has 0 amide bonds. The number of hydrogen-bond donors (Lipinski definition) is 2. The fourth-order valence-corrected chi connectivity index (χ4v) is 1.94. The maximum atomic E-state index is 12.9. The van der Waals surface area contributed by atoms with Crippen molar-refractivity contribution in [1.29, 1.82) is 0 Å². The van der Waals surface area contributed by atoms with E-state index in [0.717, 1.165) is 23.4 Å². The molecule has 0 aliphatic carbocycles. The smallest absolute Gasteiger partial charge is 0.135 e. The van der Waals surface area contributed by atoms with E-state index < -0.39 is 0 Å². The van der Waals surface area contributed by atoms with Crippen LogP contribution in [0.1, 0.15) is 31.0 Å². The standard InChI is InChI=1S/C14H17FN4/c1-3-12-13(16)17-8-18-14(12)19-9(2)10-4-6-11(15)7-5-10/h4-9H,3H2,1-2H3,(H3,16,17,18,19). The van der Waals surface area contributed by atoms with Crippen molar-refractivity contribution in [1.82, 2.24) is 9.97 Å². The third-order valence-electron chi connectivity index (χ3n) is 3.06. The lowest BCUT2D eigenvalue weighted by atomic mass is 10.1. The number of nitrogens with two attached hydrogens (primary N) is 1. The fourth-order valence-electron chi connectivity index (χ4n) is 1.94. The minimum Gasteiger partial charge on any atom is -0.383 e. The summed E-state index contributed by atoms with van der Waals surface area (Å²) in [5.41, 5.74) is 7.71. The van der Waals surface area contributed by atoms with Gasteiger partial charge in [-0.2, -0.15) is 0 Å². The third kappa shape index (κ3) is 2.99. The SMILES string of the molecule is CCc1c(N)ncnc1NC(C)c1ccc(F)cc1. The highest BCUT2D eigenvalue weighted by atomic mass is 19.1. The lowest BCUT2D eigenvalue weighted by Crippen LogP contribution is -2.11. The molecule has 0 bridgehead atoms. The Hall–Kier alpha value is -2.17. The Morgan fingerprint density at radius 2 is 1.95 bits per heavy atom. The van der Waals surface area contributed by atoms with Crippen molar-refractivity contribution >= 4 is 11.6 Å². The topological polar surface area (TPSA) is 63.8 Å². The second kappa shape index (κ2) is 5.65. The molecule has 1 atom stereocenters. The first-order chi connectivity index (χ1) is 9.11. The summed E-state index contributed by atoms with van der Waals surface area (Å²) in [7, 11) is 0. The maximum Gasteiger partial charge on any atom is 0.135 e. The van der Waals surface area contributed by atoms with Gasteiger partial charge in [-0.1, -0.05) is 19.1 Å². The van der Waals surface area contributed by atoms with Gasteiger partial charge >= 0.3 is 0 Å². The van der Waals surface area contributed by atoms with E-state index in [0.29, 0.717) is 5.82 Å². The zero-order chi connectivity index (χ0) is 13.8. The average molecular weight is 260 g/mol. The van der Waals surface area contributed by atoms with Crippen LogP contribution < -0.4 is 11.1 Å². The number of nitrogen functional groups attached to an aromatic ring is 1. The second-order valence-corrected chi connectivity index (χ2v) is 4.36. The van der Waals surface area contributed by atoms with Crippen LogP contribution in [-0.4, -0.2) is 9.97 Å². The highest BCUT2D eigenvalue weighted by molar-refractivity contribution is 5.55. The molecule has 2 rings (SSSR count). The number of anilines is 2. The van der Waals surface area contributed by atoms with Crippen molar-refractivity contribution in [2.75, 3.05) is 11.1 Å². The van der Waals surface area contributed by atoms with Gasteiger partial charge in [-0.3, -0.25) is 0 Å². The molecule has 0 fully saturated rings. The molecule has 1 aromatic heterocycles. The Morgan fingerprint density at radius 1 is 1.26 bits per heavy atom. The van der Waals surface area contributed by atoms with Crippen molar-refractivity contribution in [3.63, 3.8) is 0 Å². The molecule has 1 heterocycles. The third-order valence-corrected chi connectivity index (χ3v) is 3.06. The van der Waals surface area contributed by atoms with Gasteiger partial charge in [0.05, 0.1) is 0 Å². The van der Waals surface area contributed by atoms with Crippen LogP contribution in [0.2, 0.25) is 0 Å². The molecular formula is C14H17FN4. The summed E-state index contributed by atoms with van der Waals surface area (Å²) in [6.45, 7) is 3.99. The van der Waals surface area contributed by atoms with Crippen LogP contribution in [-0.2, 0) is 6.42 Å². The number of halogens is 1. The van der Waals surface area contributed by atoms with E-state index in [2.05, 4.69) is 15.3 Å². The number of nitrogens with one attached hydrogen (secondary N) is 1. The van der Waals surface area contributed by atoms with E-state index in [1.165, 1.54) is 18.5 Å². The Labute approximate surface area is 111 Å². The molecule has 0 aliphatic heterocycles. The minimum atomic E-state index is -0.239. The van der Waals surface area contributed by atoms with E-state index >= 15 is 0 Å². The van der Waals surface area contributed by atoms with Crippen LogP contribution in [0.3, 0.4) is 0 Å². The van der Waals surface area contributed by atoms with Gasteiger partial charge in [-0.25, -0.2) is 14.4 Å². The van der Waals surface area contributed by atoms with Crippen molar-refractivity contribution in [2.45, 2.75) is 26.3 Å². The molecule has 0 saturated heterocycles. The number of benzene rings is 1. The zero-order valence-electron chi connectivity index (χ0n) is 11.0. The minimum absolute atomic E-state index is 0.0141. The summed E-state index contributed by atoms with van der Waals surface area (Å²) in [4.78, 5) is 8.20. The number of hydrogen-bond acceptors (Lipinski definition) is 4. The Balaban J connectivity index is 2.21. The van der Waals surface area contributed by atoms with Gasteiger partial charge < -0.3 is 11.1 Å². The van der Waals surface area contributed by atoms with Gasteiger partial charge in [0.25, 0.3) is 0 Å². The molecule has 19 heavy (non-hydrogen) atoms. The average Bonchev–Trinajstić information content (AvgIpc) is 2.39. The Bertz CT molecular complexity index is 554. The van der Waals surface area contributed by atoms with Crippen molar-refractivity contribution in [2.24, 2.45) is 0 Å². The first kappa shape index (κ1) is 13.3. The number of rotatable bonds is 4. The molecule has 5 heteroatoms. The van der Waals surface area contributed by atoms with E-state index in [-0.39, 0.29) is 11.9 Å². The van der Waals surface area contributed by atoms with Crippen LogP contribution in [0.5, 0.6) is 0 Å². The summed E-state index contributed by atoms with van der Waals surface area (Å²) >= 11 is 0. The molecule has 1 unspecified atom stereocenters. The van der Waals surface area contributed by atoms with E-state index in [1.54, 1.807) is 12.1 Å². The van der Waals surface area contributed by atoms with Crippen molar-refractivity contribution in [3.8, 4) is 0 Å². The lowest BCUT2D eigenvalue weighted by molar-refractivity contribution is 0.626. The summed E-state index contributed by atoms with van der Waals surface area (Å²) in [5, 5.41) is 3.28. The predicted octanol–water partition coefficient (Wildman–Crippen LogP) is 2.93. The maximum absolute atomic E-state index is 12.9. The molecule has 100 valence electrons. The first-order valence-corrected chi connectivity index (χ1v) is 6.23. The van der Waals surface area contributed by atoms with E-state index in [4.69, 9.17) is 5.73 Å². The molecular weight excluding hydrogens is 243 g/mol. The summed E-state index contributed by atoms with van der Waals surface area (Å²) in [6, 6.07) is 6.41. The van der Waals surface area contributed by atoms with Gasteiger partial charge in [0.15, 0.2) is 0 Å². The van der Waals surface area contributed by atoms with Gasteiger partial charge in [-0.15, -0.1) is 0 Å². The molecule has 3 N–H and O–H groups in total. The molecule has 0 saturated carbocycles. The largest absolute Gasteiger partial charge is 0.383 e. The molecule has 0 radical (unpaired) electrons. The first-order valence-electron chi connectivity index (χ1n) is 6.23. The molecule has 2 aromatic rings. The summed E-state index contributed by atoms with van der Waals surface area (Å²) in [5.74, 6) is 0.981. The lowest BCUT2D eigenvalue weighted by Gasteiger charge is -2.17. The Morgan fingerprint density at radius 3 is 2.58 bits per heavy atom. The van der Waals surface area contributed by atoms with Crippen molar-refractivity contribution in [3.05, 3.63) is 47.5 Å². The number of nitrogens with zero attached hydrogens (tertiary/aromatic N) is 2. The van der Waals surface area contributed by atoms with Crippen LogP contribution in [0.15, 0.2) is 30.6 Å². The molecule has 1 aromatic carbocycles. The molecule has 0 aliphatic rings. The summed E-state index contributed by atoms with van der Waals surface area (Å²) in [6.07, 6.45) is 2.19. The van der Waals surface area contributed by atoms with Gasteiger partial charge in [-0.05, 0) is 31.0 Å². The normalized spacial score (nSPS) is 12.2. The van der Waals surface area contributed by atoms with E-state index in [9.17, 15) is 4.39 Å². The van der Waals surface area contributed by atoms with Crippen LogP contribution >= 0.6 is 0 Å². The van der Waals surface area contributed by atoms with Crippen LogP contribution in [0.4, 0.5) is 16.0 Å². The molecule has 0 spiro atoms. The van der Waals surface area contributed by atoms with E-state index in [1.807, 2.05) is 13.8 Å². The second-order valence-electron chi connectivity index (χ2n) is 4.36.